The van der Waals surface area contributed by atoms with Crippen molar-refractivity contribution in [2.45, 2.75) is 6.18 Å². The number of nitrogens with one attached hydrogen (secondary N) is 1. The van der Waals surface area contributed by atoms with Crippen molar-refractivity contribution in [2.75, 3.05) is 12.2 Å². The third-order valence-corrected chi connectivity index (χ3v) is 3.63. The molecule has 146 valence electrons. The highest BCUT2D eigenvalue weighted by molar-refractivity contribution is 5.87. The number of anilines is 1. The molecule has 2 aromatic carbocycles. The van der Waals surface area contributed by atoms with Crippen LogP contribution in [0.5, 0.6) is 11.5 Å². The summed E-state index contributed by atoms with van der Waals surface area (Å²) in [6.45, 7) is -0.108. The maximum atomic E-state index is 12.7. The van der Waals surface area contributed by atoms with E-state index >= 15 is 0 Å². The fraction of sp³-hybridized carbons (Fsp3) is 0.133. The van der Waals surface area contributed by atoms with Crippen molar-refractivity contribution in [1.29, 1.82) is 0 Å². The van der Waals surface area contributed by atoms with Gasteiger partial charge in [-0.1, -0.05) is 0 Å². The number of hydrogen-bond donors (Lipinski definition) is 1. The van der Waals surface area contributed by atoms with Crippen molar-refractivity contribution in [3.63, 3.8) is 0 Å². The Kier molecular flexibility index (Phi) is 4.73. The summed E-state index contributed by atoms with van der Waals surface area (Å²) < 4.78 is 48.3. The highest BCUT2D eigenvalue weighted by Crippen LogP contribution is 2.38. The summed E-state index contributed by atoms with van der Waals surface area (Å²) in [4.78, 5) is 20.5. The van der Waals surface area contributed by atoms with Crippen molar-refractivity contribution in [3.05, 3.63) is 61.7 Å². The molecule has 0 unspecified atom stereocenters. The summed E-state index contributed by atoms with van der Waals surface area (Å²) in [6.07, 6.45) is -3.76. The molecule has 0 atom stereocenters. The molecular weight excluding hydrogens is 389 g/mol. The Morgan fingerprint density at radius 3 is 2.29 bits per heavy atom. The maximum Gasteiger partial charge on any atom is 0.416 e. The number of ether oxygens (including phenoxy) is 2. The van der Waals surface area contributed by atoms with Gasteiger partial charge in [-0.25, -0.2) is 0 Å². The van der Waals surface area contributed by atoms with Crippen molar-refractivity contribution in [3.8, 4) is 11.5 Å². The third-order valence-electron chi connectivity index (χ3n) is 3.63. The summed E-state index contributed by atoms with van der Waals surface area (Å²) in [7, 11) is 0. The molecule has 0 saturated carbocycles. The molecule has 13 heteroatoms. The molecule has 0 aromatic heterocycles. The van der Waals surface area contributed by atoms with Gasteiger partial charge in [-0.05, 0) is 18.2 Å². The molecule has 0 radical (unpaired) electrons. The summed E-state index contributed by atoms with van der Waals surface area (Å²) in [6, 6.07) is 4.26. The van der Waals surface area contributed by atoms with Crippen LogP contribution in [0.4, 0.5) is 30.2 Å². The molecule has 0 spiro atoms. The van der Waals surface area contributed by atoms with E-state index in [4.69, 9.17) is 9.47 Å². The van der Waals surface area contributed by atoms with Crippen LogP contribution in [0.2, 0.25) is 0 Å². The quantitative estimate of drug-likeness (QED) is 0.462. The number of hydrogen-bond acceptors (Lipinski definition) is 8. The van der Waals surface area contributed by atoms with Gasteiger partial charge in [0.2, 0.25) is 6.79 Å². The largest absolute Gasteiger partial charge is 0.454 e. The van der Waals surface area contributed by atoms with Gasteiger partial charge in [-0.2, -0.15) is 18.3 Å². The van der Waals surface area contributed by atoms with E-state index < -0.39 is 27.3 Å². The van der Waals surface area contributed by atoms with Crippen LogP contribution < -0.4 is 14.9 Å². The van der Waals surface area contributed by atoms with Crippen LogP contribution in [-0.4, -0.2) is 22.9 Å². The minimum atomic E-state index is -4.75. The van der Waals surface area contributed by atoms with Gasteiger partial charge in [0.15, 0.2) is 11.5 Å². The monoisotopic (exact) mass is 398 g/mol. The first kappa shape index (κ1) is 18.9. The Morgan fingerprint density at radius 2 is 1.68 bits per heavy atom. The van der Waals surface area contributed by atoms with E-state index in [-0.39, 0.29) is 35.2 Å². The third kappa shape index (κ3) is 3.77. The molecule has 10 nitrogen and oxygen atoms in total. The zero-order valence-corrected chi connectivity index (χ0v) is 13.6. The molecule has 1 heterocycles. The molecule has 0 fully saturated rings. The van der Waals surface area contributed by atoms with Crippen molar-refractivity contribution < 1.29 is 32.5 Å². The zero-order chi connectivity index (χ0) is 20.5. The predicted octanol–water partition coefficient (Wildman–Crippen LogP) is 3.70. The first-order valence-corrected chi connectivity index (χ1v) is 7.39. The highest BCUT2D eigenvalue weighted by Gasteiger charge is 2.33. The first-order chi connectivity index (χ1) is 13.2. The molecule has 0 amide bonds. The molecular formula is C15H9F3N4O6. The zero-order valence-electron chi connectivity index (χ0n) is 13.6. The molecule has 1 aliphatic heterocycles. The predicted molar refractivity (Wildman–Crippen MR) is 88.5 cm³/mol. The molecule has 0 aliphatic carbocycles. The second-order valence-electron chi connectivity index (χ2n) is 5.38. The van der Waals surface area contributed by atoms with E-state index in [0.29, 0.717) is 12.1 Å². The number of benzene rings is 2. The molecule has 1 N–H and O–H groups in total. The topological polar surface area (TPSA) is 129 Å². The van der Waals surface area contributed by atoms with Crippen LogP contribution in [0.15, 0.2) is 35.4 Å². The van der Waals surface area contributed by atoms with E-state index in [1.807, 2.05) is 0 Å². The molecule has 1 aliphatic rings. The Labute approximate surface area is 153 Å². The molecule has 28 heavy (non-hydrogen) atoms. The smallest absolute Gasteiger partial charge is 0.416 e. The van der Waals surface area contributed by atoms with Crippen LogP contribution in [0.1, 0.15) is 11.1 Å². The fourth-order valence-corrected chi connectivity index (χ4v) is 2.33. The van der Waals surface area contributed by atoms with Gasteiger partial charge in [0.25, 0.3) is 11.4 Å². The fourth-order valence-electron chi connectivity index (χ4n) is 2.33. The van der Waals surface area contributed by atoms with E-state index in [0.717, 1.165) is 18.3 Å². The lowest BCUT2D eigenvalue weighted by Crippen LogP contribution is -2.06. The number of nitrogens with zero attached hydrogens (tertiary/aromatic N) is 3. The normalized spacial score (nSPS) is 13.0. The number of fused-ring (bicyclic) bond motifs is 1. The minimum Gasteiger partial charge on any atom is -0.454 e. The number of nitro benzene ring substituents is 2. The van der Waals surface area contributed by atoms with Crippen molar-refractivity contribution in [1.82, 2.24) is 0 Å². The number of hydrazone groups is 1. The van der Waals surface area contributed by atoms with Gasteiger partial charge >= 0.3 is 6.18 Å². The van der Waals surface area contributed by atoms with E-state index in [1.54, 1.807) is 0 Å². The lowest BCUT2D eigenvalue weighted by Gasteiger charge is -2.08. The highest BCUT2D eigenvalue weighted by atomic mass is 19.4. The van der Waals surface area contributed by atoms with Crippen LogP contribution >= 0.6 is 0 Å². The number of nitro groups is 2. The number of alkyl halides is 3. The Hall–Kier alpha value is -3.90. The molecule has 0 bridgehead atoms. The Morgan fingerprint density at radius 1 is 1.04 bits per heavy atom. The first-order valence-electron chi connectivity index (χ1n) is 7.39. The van der Waals surface area contributed by atoms with Gasteiger partial charge in [-0.15, -0.1) is 0 Å². The lowest BCUT2D eigenvalue weighted by atomic mass is 10.1. The van der Waals surface area contributed by atoms with Gasteiger partial charge in [0.05, 0.1) is 33.3 Å². The van der Waals surface area contributed by atoms with E-state index in [1.165, 1.54) is 6.07 Å². The lowest BCUT2D eigenvalue weighted by molar-refractivity contribution is -0.385. The standard InChI is InChI=1S/C15H9F3N4O6/c16-15(17,18)9-1-2-10(12(4-9)22(25)26)20-19-6-8-3-13-14(28-7-27-13)5-11(8)21(23)24/h1-6,20H,7H2. The van der Waals surface area contributed by atoms with Gasteiger partial charge in [0, 0.05) is 6.07 Å². The summed E-state index contributed by atoms with van der Waals surface area (Å²) in [5.41, 5.74) is -0.517. The number of halogens is 3. The van der Waals surface area contributed by atoms with Crippen molar-refractivity contribution in [2.24, 2.45) is 5.10 Å². The van der Waals surface area contributed by atoms with Gasteiger partial charge in [-0.3, -0.25) is 25.7 Å². The second kappa shape index (κ2) is 7.02. The molecule has 0 saturated heterocycles. The number of rotatable bonds is 5. The summed E-state index contributed by atoms with van der Waals surface area (Å²) in [5.74, 6) is 0.419. The van der Waals surface area contributed by atoms with E-state index in [2.05, 4.69) is 10.5 Å². The molecule has 2 aromatic rings. The van der Waals surface area contributed by atoms with E-state index in [9.17, 15) is 33.4 Å². The van der Waals surface area contributed by atoms with Gasteiger partial charge < -0.3 is 9.47 Å². The minimum absolute atomic E-state index is 0.00341. The SMILES string of the molecule is O=[N+]([O-])c1cc2c(cc1C=NNc1ccc(C(F)(F)F)cc1[N+](=O)[O-])OCO2. The van der Waals surface area contributed by atoms with Crippen LogP contribution in [0.25, 0.3) is 0 Å². The van der Waals surface area contributed by atoms with Crippen molar-refractivity contribution >= 4 is 23.3 Å². The van der Waals surface area contributed by atoms with Crippen LogP contribution in [-0.2, 0) is 6.18 Å². The van der Waals surface area contributed by atoms with Crippen LogP contribution in [0.3, 0.4) is 0 Å². The van der Waals surface area contributed by atoms with Crippen LogP contribution in [0, 0.1) is 20.2 Å². The summed E-state index contributed by atoms with van der Waals surface area (Å²) in [5, 5.41) is 25.8. The average Bonchev–Trinajstić information content (AvgIpc) is 3.07. The summed E-state index contributed by atoms with van der Waals surface area (Å²) >= 11 is 0. The average molecular weight is 398 g/mol. The Bertz CT molecular complexity index is 992. The molecule has 3 rings (SSSR count). The Balaban J connectivity index is 1.89. The second-order valence-corrected chi connectivity index (χ2v) is 5.38. The van der Waals surface area contributed by atoms with Gasteiger partial charge in [0.1, 0.15) is 5.69 Å². The maximum absolute atomic E-state index is 12.7.